The fourth-order valence-electron chi connectivity index (χ4n) is 3.38. The first-order chi connectivity index (χ1) is 12.7. The van der Waals surface area contributed by atoms with Gasteiger partial charge in [-0.05, 0) is 51.6 Å². The number of halogens is 3. The predicted octanol–water partition coefficient (Wildman–Crippen LogP) is 2.95. The van der Waals surface area contributed by atoms with E-state index in [1.54, 1.807) is 6.92 Å². The first kappa shape index (κ1) is 19.5. The minimum absolute atomic E-state index is 0.00438. The van der Waals surface area contributed by atoms with Crippen molar-refractivity contribution in [3.05, 3.63) is 35.3 Å². The summed E-state index contributed by atoms with van der Waals surface area (Å²) in [6.45, 7) is 3.32. The number of phenols is 1. The molecule has 2 unspecified atom stereocenters. The summed E-state index contributed by atoms with van der Waals surface area (Å²) >= 11 is 0. The summed E-state index contributed by atoms with van der Waals surface area (Å²) in [6, 6.07) is 2.66. The van der Waals surface area contributed by atoms with Gasteiger partial charge in [0.15, 0.2) is 5.82 Å². The van der Waals surface area contributed by atoms with Crippen LogP contribution in [0.15, 0.2) is 18.2 Å². The van der Waals surface area contributed by atoms with Crippen molar-refractivity contribution >= 4 is 0 Å². The number of nitrogens with zero attached hydrogens (tertiary/aromatic N) is 4. The molecule has 6 nitrogen and oxygen atoms in total. The largest absolute Gasteiger partial charge is 0.507 e. The van der Waals surface area contributed by atoms with Gasteiger partial charge < -0.3 is 15.1 Å². The number of hydrogen-bond acceptors (Lipinski definition) is 6. The van der Waals surface area contributed by atoms with Crippen LogP contribution >= 0.6 is 0 Å². The molecule has 9 heteroatoms. The van der Waals surface area contributed by atoms with Gasteiger partial charge in [0.2, 0.25) is 0 Å². The van der Waals surface area contributed by atoms with E-state index < -0.39 is 23.6 Å². The highest BCUT2D eigenvalue weighted by Crippen LogP contribution is 2.36. The van der Waals surface area contributed by atoms with Crippen LogP contribution in [0.2, 0.25) is 0 Å². The van der Waals surface area contributed by atoms with Crippen molar-refractivity contribution in [3.8, 4) is 17.0 Å². The van der Waals surface area contributed by atoms with Crippen molar-refractivity contribution in [1.82, 2.24) is 20.1 Å². The van der Waals surface area contributed by atoms with Crippen LogP contribution in [0.25, 0.3) is 11.3 Å². The molecule has 0 spiro atoms. The molecule has 0 radical (unpaired) electrons. The van der Waals surface area contributed by atoms with Gasteiger partial charge in [-0.3, -0.25) is 0 Å². The second-order valence-corrected chi connectivity index (χ2v) is 6.94. The fraction of sp³-hybridized carbons (Fsp3) is 0.500. The lowest BCUT2D eigenvalue weighted by atomic mass is 9.92. The van der Waals surface area contributed by atoms with Crippen LogP contribution < -0.4 is 0 Å². The number of hydrogen-bond donors (Lipinski definition) is 2. The van der Waals surface area contributed by atoms with Gasteiger partial charge in [-0.25, -0.2) is 4.98 Å². The Balaban J connectivity index is 1.87. The highest BCUT2D eigenvalue weighted by Gasteiger charge is 2.32. The van der Waals surface area contributed by atoms with Gasteiger partial charge >= 0.3 is 6.18 Å². The molecule has 3 rings (SSSR count). The molecule has 146 valence electrons. The van der Waals surface area contributed by atoms with Crippen LogP contribution in [-0.2, 0) is 6.18 Å². The molecule has 1 aliphatic rings. The number of alkyl halides is 3. The van der Waals surface area contributed by atoms with Crippen molar-refractivity contribution in [1.29, 1.82) is 0 Å². The van der Waals surface area contributed by atoms with Gasteiger partial charge in [0.25, 0.3) is 0 Å². The monoisotopic (exact) mass is 382 g/mol. The Morgan fingerprint density at radius 1 is 1.26 bits per heavy atom. The Bertz CT molecular complexity index is 829. The van der Waals surface area contributed by atoms with Gasteiger partial charge in [0, 0.05) is 18.0 Å². The number of benzene rings is 1. The fourth-order valence-corrected chi connectivity index (χ4v) is 3.38. The second-order valence-electron chi connectivity index (χ2n) is 6.94. The van der Waals surface area contributed by atoms with Gasteiger partial charge in [-0.2, -0.15) is 13.2 Å². The van der Waals surface area contributed by atoms with Gasteiger partial charge in [0.05, 0.1) is 11.3 Å². The molecule has 27 heavy (non-hydrogen) atoms. The zero-order chi connectivity index (χ0) is 19.8. The minimum atomic E-state index is -4.55. The number of phenolic OH excluding ortho intramolecular Hbond substituents is 1. The molecule has 2 N–H and O–H groups in total. The molecule has 0 bridgehead atoms. The van der Waals surface area contributed by atoms with Crippen LogP contribution in [0, 0.1) is 12.8 Å². The molecule has 1 saturated heterocycles. The van der Waals surface area contributed by atoms with E-state index in [2.05, 4.69) is 20.1 Å². The van der Waals surface area contributed by atoms with E-state index >= 15 is 0 Å². The molecular formula is C18H21F3N4O2. The maximum absolute atomic E-state index is 12.7. The third-order valence-electron chi connectivity index (χ3n) is 4.83. The summed E-state index contributed by atoms with van der Waals surface area (Å²) < 4.78 is 38.2. The Morgan fingerprint density at radius 3 is 2.59 bits per heavy atom. The highest BCUT2D eigenvalue weighted by molar-refractivity contribution is 5.68. The van der Waals surface area contributed by atoms with Gasteiger partial charge in [-0.15, -0.1) is 10.2 Å². The van der Waals surface area contributed by atoms with Crippen LogP contribution in [-0.4, -0.2) is 50.4 Å². The number of likely N-dealkylation sites (tertiary alicyclic amines) is 1. The number of aromatic hydroxyl groups is 1. The topological polar surface area (TPSA) is 82.4 Å². The molecular weight excluding hydrogens is 361 g/mol. The van der Waals surface area contributed by atoms with Crippen molar-refractivity contribution in [3.63, 3.8) is 0 Å². The number of aliphatic hydroxyl groups excluding tert-OH is 1. The normalized spacial score (nSPS) is 19.9. The average Bonchev–Trinajstić information content (AvgIpc) is 2.60. The van der Waals surface area contributed by atoms with E-state index in [1.165, 1.54) is 0 Å². The molecule has 0 amide bonds. The second kappa shape index (κ2) is 7.40. The lowest BCUT2D eigenvalue weighted by Gasteiger charge is -2.31. The highest BCUT2D eigenvalue weighted by atomic mass is 19.4. The molecule has 1 aromatic heterocycles. The number of aryl methyl sites for hydroxylation is 1. The van der Waals surface area contributed by atoms with Crippen molar-refractivity contribution in [2.75, 3.05) is 20.1 Å². The van der Waals surface area contributed by atoms with Crippen molar-refractivity contribution in [2.24, 2.45) is 5.92 Å². The quantitative estimate of drug-likeness (QED) is 0.849. The molecule has 1 aromatic carbocycles. The molecule has 2 heterocycles. The van der Waals surface area contributed by atoms with E-state index in [0.717, 1.165) is 38.1 Å². The summed E-state index contributed by atoms with van der Waals surface area (Å²) in [6.07, 6.45) is -3.58. The predicted molar refractivity (Wildman–Crippen MR) is 91.8 cm³/mol. The van der Waals surface area contributed by atoms with E-state index in [4.69, 9.17) is 0 Å². The third kappa shape index (κ3) is 4.19. The van der Waals surface area contributed by atoms with E-state index in [9.17, 15) is 23.4 Å². The summed E-state index contributed by atoms with van der Waals surface area (Å²) in [7, 11) is 1.99. The molecule has 1 fully saturated rings. The minimum Gasteiger partial charge on any atom is -0.507 e. The Morgan fingerprint density at radius 2 is 2.00 bits per heavy atom. The third-order valence-corrected chi connectivity index (χ3v) is 4.83. The molecule has 1 aliphatic heterocycles. The molecule has 0 saturated carbocycles. The van der Waals surface area contributed by atoms with Crippen LogP contribution in [0.1, 0.15) is 36.0 Å². The standard InChI is InChI=1S/C18H21F3N4O2/c1-10-15(13-6-5-12(8-14(13)26)18(19,20)21)23-24-17(22-10)16(27)11-4-3-7-25(2)9-11/h5-6,8,11,16,26-27H,3-4,7,9H2,1-2H3. The Hall–Kier alpha value is -2.26. The first-order valence-electron chi connectivity index (χ1n) is 8.65. The molecule has 2 atom stereocenters. The van der Waals surface area contributed by atoms with Crippen molar-refractivity contribution in [2.45, 2.75) is 32.0 Å². The first-order valence-corrected chi connectivity index (χ1v) is 8.65. The number of aliphatic hydroxyl groups is 1. The van der Waals surface area contributed by atoms with Crippen LogP contribution in [0.5, 0.6) is 5.75 Å². The van der Waals surface area contributed by atoms with E-state index in [-0.39, 0.29) is 23.0 Å². The van der Waals surface area contributed by atoms with E-state index in [0.29, 0.717) is 11.8 Å². The van der Waals surface area contributed by atoms with Gasteiger partial charge in [-0.1, -0.05) is 0 Å². The summed E-state index contributed by atoms with van der Waals surface area (Å²) in [5, 5.41) is 28.5. The van der Waals surface area contributed by atoms with Gasteiger partial charge in [0.1, 0.15) is 17.5 Å². The van der Waals surface area contributed by atoms with E-state index in [1.807, 2.05) is 7.05 Å². The Labute approximate surface area is 154 Å². The zero-order valence-corrected chi connectivity index (χ0v) is 15.0. The van der Waals surface area contributed by atoms with Crippen molar-refractivity contribution < 1.29 is 23.4 Å². The smallest absolute Gasteiger partial charge is 0.416 e. The maximum Gasteiger partial charge on any atom is 0.416 e. The molecule has 2 aromatic rings. The number of aromatic nitrogens is 3. The SMILES string of the molecule is Cc1nc(C(O)C2CCCN(C)C2)nnc1-c1ccc(C(F)(F)F)cc1O. The summed E-state index contributed by atoms with van der Waals surface area (Å²) in [5.41, 5.74) is -0.286. The summed E-state index contributed by atoms with van der Waals surface area (Å²) in [4.78, 5) is 6.42. The molecule has 0 aliphatic carbocycles. The van der Waals surface area contributed by atoms with Crippen LogP contribution in [0.4, 0.5) is 13.2 Å². The average molecular weight is 382 g/mol. The zero-order valence-electron chi connectivity index (χ0n) is 15.0. The maximum atomic E-state index is 12.7. The summed E-state index contributed by atoms with van der Waals surface area (Å²) in [5.74, 6) is -0.371. The van der Waals surface area contributed by atoms with Crippen LogP contribution in [0.3, 0.4) is 0 Å². The Kier molecular flexibility index (Phi) is 5.34. The lowest BCUT2D eigenvalue weighted by molar-refractivity contribution is -0.137. The number of rotatable bonds is 3. The lowest BCUT2D eigenvalue weighted by Crippen LogP contribution is -2.35. The number of piperidine rings is 1.